The van der Waals surface area contributed by atoms with Crippen molar-refractivity contribution in [1.82, 2.24) is 9.29 Å². The lowest BCUT2D eigenvalue weighted by Crippen LogP contribution is -2.26. The first-order chi connectivity index (χ1) is 16.8. The molecule has 178 valence electrons. The Morgan fingerprint density at radius 1 is 0.914 bits per heavy atom. The number of rotatable bonds is 8. The molecule has 1 amide bonds. The molecule has 1 heterocycles. The standard InChI is InChI=1S/C26H23N3O4S2/c1-18(30)24-23(20-11-7-4-8-12-20)27-26(34-24)28-25(31)21-13-15-22(16-14-21)35(32,33)29(2)17-19-9-5-3-6-10-19/h3-16H,17H2,1-2H3,(H,27,28,31). The number of carbonyl (C=O) groups excluding carboxylic acids is 2. The van der Waals surface area contributed by atoms with E-state index in [4.69, 9.17) is 0 Å². The van der Waals surface area contributed by atoms with Gasteiger partial charge in [-0.1, -0.05) is 72.0 Å². The maximum absolute atomic E-state index is 12.9. The Labute approximate surface area is 208 Å². The summed E-state index contributed by atoms with van der Waals surface area (Å²) < 4.78 is 27.1. The molecule has 4 rings (SSSR count). The molecule has 9 heteroatoms. The summed E-state index contributed by atoms with van der Waals surface area (Å²) in [7, 11) is -2.21. The van der Waals surface area contributed by atoms with Crippen LogP contribution in [0.3, 0.4) is 0 Å². The van der Waals surface area contributed by atoms with E-state index in [9.17, 15) is 18.0 Å². The number of benzene rings is 3. The monoisotopic (exact) mass is 505 g/mol. The zero-order valence-electron chi connectivity index (χ0n) is 19.1. The first kappa shape index (κ1) is 24.5. The van der Waals surface area contributed by atoms with E-state index in [-0.39, 0.29) is 22.8 Å². The predicted octanol–water partition coefficient (Wildman–Crippen LogP) is 5.09. The van der Waals surface area contributed by atoms with E-state index < -0.39 is 15.9 Å². The molecule has 0 aliphatic heterocycles. The molecule has 1 N–H and O–H groups in total. The molecule has 35 heavy (non-hydrogen) atoms. The fourth-order valence-corrected chi connectivity index (χ4v) is 5.49. The number of nitrogens with one attached hydrogen (secondary N) is 1. The minimum absolute atomic E-state index is 0.0898. The molecule has 0 radical (unpaired) electrons. The van der Waals surface area contributed by atoms with E-state index in [0.29, 0.717) is 15.7 Å². The second-order valence-corrected chi connectivity index (χ2v) is 10.9. The van der Waals surface area contributed by atoms with Gasteiger partial charge in [0.05, 0.1) is 15.5 Å². The summed E-state index contributed by atoms with van der Waals surface area (Å²) in [5.74, 6) is -0.592. The molecule has 3 aromatic carbocycles. The number of sulfonamides is 1. The number of ketones is 1. The van der Waals surface area contributed by atoms with Crippen molar-refractivity contribution in [2.75, 3.05) is 12.4 Å². The topological polar surface area (TPSA) is 96.4 Å². The number of hydrogen-bond donors (Lipinski definition) is 1. The van der Waals surface area contributed by atoms with Crippen LogP contribution in [0.2, 0.25) is 0 Å². The van der Waals surface area contributed by atoms with E-state index in [0.717, 1.165) is 22.5 Å². The average Bonchev–Trinajstić information content (AvgIpc) is 3.29. The fourth-order valence-electron chi connectivity index (χ4n) is 3.46. The quantitative estimate of drug-likeness (QED) is 0.337. The van der Waals surface area contributed by atoms with Gasteiger partial charge < -0.3 is 0 Å². The minimum Gasteiger partial charge on any atom is -0.298 e. The van der Waals surface area contributed by atoms with E-state index in [1.807, 2.05) is 60.7 Å². The first-order valence-electron chi connectivity index (χ1n) is 10.7. The van der Waals surface area contributed by atoms with Crippen molar-refractivity contribution < 1.29 is 18.0 Å². The highest BCUT2D eigenvalue weighted by molar-refractivity contribution is 7.89. The molecule has 0 atom stereocenters. The Hall–Kier alpha value is -3.66. The van der Waals surface area contributed by atoms with Gasteiger partial charge in [-0.15, -0.1) is 0 Å². The molecular weight excluding hydrogens is 482 g/mol. The van der Waals surface area contributed by atoms with Crippen molar-refractivity contribution in [3.8, 4) is 11.3 Å². The van der Waals surface area contributed by atoms with Gasteiger partial charge in [-0.2, -0.15) is 4.31 Å². The van der Waals surface area contributed by atoms with Crippen LogP contribution in [0.4, 0.5) is 5.13 Å². The van der Waals surface area contributed by atoms with Crippen LogP contribution in [0.5, 0.6) is 0 Å². The van der Waals surface area contributed by atoms with Crippen molar-refractivity contribution in [3.05, 3.63) is 101 Å². The molecule has 1 aromatic heterocycles. The van der Waals surface area contributed by atoms with Crippen LogP contribution in [0, 0.1) is 0 Å². The molecule has 0 aliphatic rings. The van der Waals surface area contributed by atoms with E-state index >= 15 is 0 Å². The summed E-state index contributed by atoms with van der Waals surface area (Å²) in [5.41, 5.74) is 2.44. The van der Waals surface area contributed by atoms with Gasteiger partial charge in [0.2, 0.25) is 10.0 Å². The smallest absolute Gasteiger partial charge is 0.257 e. The number of thiazole rings is 1. The highest BCUT2D eigenvalue weighted by Crippen LogP contribution is 2.31. The highest BCUT2D eigenvalue weighted by atomic mass is 32.2. The number of carbonyl (C=O) groups is 2. The van der Waals surface area contributed by atoms with E-state index in [2.05, 4.69) is 10.3 Å². The third-order valence-electron chi connectivity index (χ3n) is 5.29. The summed E-state index contributed by atoms with van der Waals surface area (Å²) >= 11 is 1.10. The van der Waals surface area contributed by atoms with Crippen LogP contribution >= 0.6 is 11.3 Å². The van der Waals surface area contributed by atoms with Gasteiger partial charge in [-0.25, -0.2) is 13.4 Å². The summed E-state index contributed by atoms with van der Waals surface area (Å²) in [4.78, 5) is 29.9. The van der Waals surface area contributed by atoms with Crippen molar-refractivity contribution in [2.45, 2.75) is 18.4 Å². The average molecular weight is 506 g/mol. The number of aromatic nitrogens is 1. The second kappa shape index (κ2) is 10.3. The van der Waals surface area contributed by atoms with Gasteiger partial charge in [0, 0.05) is 31.6 Å². The van der Waals surface area contributed by atoms with E-state index in [1.165, 1.54) is 42.5 Å². The third-order valence-corrected chi connectivity index (χ3v) is 8.18. The summed E-state index contributed by atoms with van der Waals surface area (Å²) in [5, 5.41) is 3.00. The van der Waals surface area contributed by atoms with Crippen LogP contribution < -0.4 is 5.32 Å². The molecule has 0 unspecified atom stereocenters. The molecule has 0 saturated heterocycles. The van der Waals surface area contributed by atoms with Crippen molar-refractivity contribution in [3.63, 3.8) is 0 Å². The fraction of sp³-hybridized carbons (Fsp3) is 0.115. The molecule has 0 saturated carbocycles. The molecule has 4 aromatic rings. The number of anilines is 1. The lowest BCUT2D eigenvalue weighted by molar-refractivity contribution is 0.101. The van der Waals surface area contributed by atoms with Crippen LogP contribution in [-0.4, -0.2) is 36.4 Å². The highest BCUT2D eigenvalue weighted by Gasteiger charge is 2.22. The SMILES string of the molecule is CC(=O)c1sc(NC(=O)c2ccc(S(=O)(=O)N(C)Cc3ccccc3)cc2)nc1-c1ccccc1. The van der Waals surface area contributed by atoms with E-state index in [1.54, 1.807) is 0 Å². The predicted molar refractivity (Wildman–Crippen MR) is 137 cm³/mol. The molecular formula is C26H23N3O4S2. The van der Waals surface area contributed by atoms with Gasteiger partial charge >= 0.3 is 0 Å². The Morgan fingerprint density at radius 2 is 1.51 bits per heavy atom. The van der Waals surface area contributed by atoms with Gasteiger partial charge in [0.25, 0.3) is 5.91 Å². The normalized spacial score (nSPS) is 11.4. The van der Waals surface area contributed by atoms with Crippen LogP contribution in [0.1, 0.15) is 32.5 Å². The zero-order valence-corrected chi connectivity index (χ0v) is 20.8. The maximum atomic E-state index is 12.9. The largest absolute Gasteiger partial charge is 0.298 e. The number of amides is 1. The van der Waals surface area contributed by atoms with Crippen LogP contribution in [0.15, 0.2) is 89.8 Å². The van der Waals surface area contributed by atoms with Crippen molar-refractivity contribution >= 4 is 38.2 Å². The lowest BCUT2D eigenvalue weighted by Gasteiger charge is -2.17. The van der Waals surface area contributed by atoms with Crippen LogP contribution in [0.25, 0.3) is 11.3 Å². The Bertz CT molecular complexity index is 1450. The molecule has 0 spiro atoms. The molecule has 0 bridgehead atoms. The summed E-state index contributed by atoms with van der Waals surface area (Å²) in [6, 6.07) is 24.3. The minimum atomic E-state index is -3.73. The summed E-state index contributed by atoms with van der Waals surface area (Å²) in [6.45, 7) is 1.69. The molecule has 7 nitrogen and oxygen atoms in total. The number of Topliss-reactive ketones (excluding diaryl/α,β-unsaturated/α-hetero) is 1. The zero-order chi connectivity index (χ0) is 25.0. The van der Waals surface area contributed by atoms with Gasteiger partial charge in [0.1, 0.15) is 0 Å². The third kappa shape index (κ3) is 5.54. The Morgan fingerprint density at radius 3 is 2.11 bits per heavy atom. The van der Waals surface area contributed by atoms with Gasteiger partial charge in [-0.3, -0.25) is 14.9 Å². The first-order valence-corrected chi connectivity index (χ1v) is 13.0. The van der Waals surface area contributed by atoms with Crippen LogP contribution in [-0.2, 0) is 16.6 Å². The van der Waals surface area contributed by atoms with Gasteiger partial charge in [-0.05, 0) is 29.8 Å². The maximum Gasteiger partial charge on any atom is 0.257 e. The van der Waals surface area contributed by atoms with Gasteiger partial charge in [0.15, 0.2) is 10.9 Å². The Kier molecular flexibility index (Phi) is 7.20. The van der Waals surface area contributed by atoms with Crippen molar-refractivity contribution in [2.24, 2.45) is 0 Å². The number of hydrogen-bond acceptors (Lipinski definition) is 6. The lowest BCUT2D eigenvalue weighted by atomic mass is 10.1. The Balaban J connectivity index is 1.50. The van der Waals surface area contributed by atoms with Crippen molar-refractivity contribution in [1.29, 1.82) is 0 Å². The molecule has 0 fully saturated rings. The molecule has 0 aliphatic carbocycles. The second-order valence-electron chi connectivity index (χ2n) is 7.84. The summed E-state index contributed by atoms with van der Waals surface area (Å²) in [6.07, 6.45) is 0. The number of nitrogens with zero attached hydrogens (tertiary/aromatic N) is 2.